The van der Waals surface area contributed by atoms with Gasteiger partial charge in [-0.05, 0) is 12.5 Å². The van der Waals surface area contributed by atoms with Crippen molar-refractivity contribution < 1.29 is 32.6 Å². The molecule has 0 aliphatic carbocycles. The monoisotopic (exact) mass is 322 g/mol. The molecule has 0 radical (unpaired) electrons. The van der Waals surface area contributed by atoms with E-state index in [2.05, 4.69) is 5.32 Å². The van der Waals surface area contributed by atoms with Crippen molar-refractivity contribution >= 4 is 12.1 Å². The third-order valence-corrected chi connectivity index (χ3v) is 2.02. The molecule has 1 aromatic rings. The Kier molecular flexibility index (Phi) is 8.61. The molecule has 22 heavy (non-hydrogen) atoms. The summed E-state index contributed by atoms with van der Waals surface area (Å²) < 4.78 is 36.7. The van der Waals surface area contributed by atoms with Gasteiger partial charge in [0.2, 0.25) is 0 Å². The van der Waals surface area contributed by atoms with E-state index in [1.807, 2.05) is 37.3 Å². The summed E-state index contributed by atoms with van der Waals surface area (Å²) in [5.41, 5.74) is 6.44. The number of benzene rings is 1. The molecular weight excluding hydrogens is 305 g/mol. The number of alkyl carbamates (subject to hydrolysis) is 1. The van der Waals surface area contributed by atoms with Gasteiger partial charge < -0.3 is 20.9 Å². The summed E-state index contributed by atoms with van der Waals surface area (Å²) in [5.74, 6) is -2.76. The number of carboxylic acids is 1. The van der Waals surface area contributed by atoms with Crippen LogP contribution in [0.15, 0.2) is 30.3 Å². The van der Waals surface area contributed by atoms with Crippen LogP contribution in [0, 0.1) is 0 Å². The van der Waals surface area contributed by atoms with Crippen LogP contribution in [0.1, 0.15) is 12.5 Å². The number of carbonyl (C=O) groups excluding carboxylic acids is 1. The van der Waals surface area contributed by atoms with Crippen molar-refractivity contribution in [2.45, 2.75) is 25.7 Å². The van der Waals surface area contributed by atoms with E-state index < -0.39 is 18.2 Å². The lowest BCUT2D eigenvalue weighted by Crippen LogP contribution is -2.35. The first-order valence-corrected chi connectivity index (χ1v) is 6.13. The van der Waals surface area contributed by atoms with Crippen molar-refractivity contribution in [1.29, 1.82) is 0 Å². The number of carboxylic acid groups (broad SMARTS) is 1. The van der Waals surface area contributed by atoms with Crippen LogP contribution in [0.4, 0.5) is 18.0 Å². The quantitative estimate of drug-likeness (QED) is 0.786. The molecule has 1 rings (SSSR count). The van der Waals surface area contributed by atoms with E-state index >= 15 is 0 Å². The van der Waals surface area contributed by atoms with Crippen molar-refractivity contribution in [2.24, 2.45) is 5.73 Å². The standard InChI is InChI=1S/C11H16N2O2.C2HF3O2/c1-9(12)7-13-11(14)15-8-10-5-3-2-4-6-10;3-2(4,5)1(6)7/h2-6,9H,7-8,12H2,1H3,(H,13,14);(H,6,7). The van der Waals surface area contributed by atoms with E-state index in [1.165, 1.54) is 0 Å². The third-order valence-electron chi connectivity index (χ3n) is 2.02. The molecule has 0 heterocycles. The second-order valence-electron chi connectivity index (χ2n) is 4.22. The summed E-state index contributed by atoms with van der Waals surface area (Å²) >= 11 is 0. The molecule has 1 unspecified atom stereocenters. The molecule has 0 fully saturated rings. The Balaban J connectivity index is 0.000000534. The van der Waals surface area contributed by atoms with Gasteiger partial charge in [-0.2, -0.15) is 13.2 Å². The van der Waals surface area contributed by atoms with Crippen molar-refractivity contribution in [2.75, 3.05) is 6.54 Å². The van der Waals surface area contributed by atoms with E-state index in [-0.39, 0.29) is 12.6 Å². The number of aliphatic carboxylic acids is 1. The lowest BCUT2D eigenvalue weighted by Gasteiger charge is -2.08. The second-order valence-corrected chi connectivity index (χ2v) is 4.22. The van der Waals surface area contributed by atoms with E-state index in [4.69, 9.17) is 20.4 Å². The van der Waals surface area contributed by atoms with E-state index in [1.54, 1.807) is 0 Å². The number of ether oxygens (including phenoxy) is 1. The maximum absolute atomic E-state index is 11.1. The number of carbonyl (C=O) groups is 2. The predicted octanol–water partition coefficient (Wildman–Crippen LogP) is 1.89. The van der Waals surface area contributed by atoms with Crippen LogP contribution in [0.5, 0.6) is 0 Å². The number of nitrogens with one attached hydrogen (secondary N) is 1. The molecule has 0 aliphatic rings. The molecule has 0 spiro atoms. The van der Waals surface area contributed by atoms with Gasteiger partial charge in [-0.15, -0.1) is 0 Å². The Labute approximate surface area is 125 Å². The van der Waals surface area contributed by atoms with Crippen LogP contribution in [-0.4, -0.2) is 35.9 Å². The number of halogens is 3. The molecule has 0 saturated heterocycles. The van der Waals surface area contributed by atoms with E-state index in [0.29, 0.717) is 6.54 Å². The fourth-order valence-corrected chi connectivity index (χ4v) is 1.02. The molecular formula is C13H17F3N2O4. The largest absolute Gasteiger partial charge is 0.490 e. The normalized spacial score (nSPS) is 11.7. The summed E-state index contributed by atoms with van der Waals surface area (Å²) in [7, 11) is 0. The number of alkyl halides is 3. The van der Waals surface area contributed by atoms with Crippen LogP contribution in [0.2, 0.25) is 0 Å². The summed E-state index contributed by atoms with van der Waals surface area (Å²) in [6.07, 6.45) is -5.52. The van der Waals surface area contributed by atoms with Gasteiger partial charge in [-0.25, -0.2) is 9.59 Å². The number of hydrogen-bond acceptors (Lipinski definition) is 4. The molecule has 9 heteroatoms. The Hall–Kier alpha value is -2.29. The molecule has 0 aromatic heterocycles. The molecule has 1 aromatic carbocycles. The summed E-state index contributed by atoms with van der Waals surface area (Å²) in [6.45, 7) is 2.52. The highest BCUT2D eigenvalue weighted by Gasteiger charge is 2.38. The molecule has 6 nitrogen and oxygen atoms in total. The Bertz CT molecular complexity index is 464. The van der Waals surface area contributed by atoms with Gasteiger partial charge >= 0.3 is 18.2 Å². The molecule has 0 bridgehead atoms. The average Bonchev–Trinajstić information content (AvgIpc) is 2.43. The zero-order valence-electron chi connectivity index (χ0n) is 11.8. The van der Waals surface area contributed by atoms with Crippen molar-refractivity contribution in [3.05, 3.63) is 35.9 Å². The molecule has 0 aliphatic heterocycles. The van der Waals surface area contributed by atoms with Gasteiger partial charge in [-0.1, -0.05) is 30.3 Å². The summed E-state index contributed by atoms with van der Waals surface area (Å²) in [6, 6.07) is 9.46. The van der Waals surface area contributed by atoms with Crippen molar-refractivity contribution in [1.82, 2.24) is 5.32 Å². The average molecular weight is 322 g/mol. The van der Waals surface area contributed by atoms with Crippen LogP contribution >= 0.6 is 0 Å². The van der Waals surface area contributed by atoms with E-state index in [0.717, 1.165) is 5.56 Å². The molecule has 1 atom stereocenters. The summed E-state index contributed by atoms with van der Waals surface area (Å²) in [5, 5.41) is 9.69. The van der Waals surface area contributed by atoms with Crippen molar-refractivity contribution in [3.8, 4) is 0 Å². The van der Waals surface area contributed by atoms with Gasteiger partial charge in [0.15, 0.2) is 0 Å². The van der Waals surface area contributed by atoms with E-state index in [9.17, 15) is 18.0 Å². The molecule has 124 valence electrons. The first-order chi connectivity index (χ1) is 10.1. The number of amides is 1. The zero-order chi connectivity index (χ0) is 17.2. The Morgan fingerprint density at radius 3 is 2.23 bits per heavy atom. The van der Waals surface area contributed by atoms with Gasteiger partial charge in [0.1, 0.15) is 6.61 Å². The highest BCUT2D eigenvalue weighted by molar-refractivity contribution is 5.73. The van der Waals surface area contributed by atoms with Gasteiger partial charge in [0, 0.05) is 12.6 Å². The molecule has 1 amide bonds. The highest BCUT2D eigenvalue weighted by Crippen LogP contribution is 2.13. The molecule has 4 N–H and O–H groups in total. The SMILES string of the molecule is CC(N)CNC(=O)OCc1ccccc1.O=C(O)C(F)(F)F. The van der Waals surface area contributed by atoms with Gasteiger partial charge in [0.25, 0.3) is 0 Å². The lowest BCUT2D eigenvalue weighted by atomic mass is 10.2. The van der Waals surface area contributed by atoms with Crippen LogP contribution in [-0.2, 0) is 16.1 Å². The van der Waals surface area contributed by atoms with Crippen LogP contribution in [0.3, 0.4) is 0 Å². The molecule has 0 saturated carbocycles. The minimum atomic E-state index is -5.08. The van der Waals surface area contributed by atoms with Gasteiger partial charge in [0.05, 0.1) is 0 Å². The minimum Gasteiger partial charge on any atom is -0.475 e. The Morgan fingerprint density at radius 1 is 1.32 bits per heavy atom. The fraction of sp³-hybridized carbons (Fsp3) is 0.385. The fourth-order valence-electron chi connectivity index (χ4n) is 1.02. The third kappa shape index (κ3) is 10.5. The Morgan fingerprint density at radius 2 is 1.82 bits per heavy atom. The number of rotatable bonds is 4. The zero-order valence-corrected chi connectivity index (χ0v) is 11.8. The smallest absolute Gasteiger partial charge is 0.475 e. The van der Waals surface area contributed by atoms with Crippen molar-refractivity contribution in [3.63, 3.8) is 0 Å². The lowest BCUT2D eigenvalue weighted by molar-refractivity contribution is -0.192. The van der Waals surface area contributed by atoms with Crippen LogP contribution < -0.4 is 11.1 Å². The predicted molar refractivity (Wildman–Crippen MR) is 72.0 cm³/mol. The number of hydrogen-bond donors (Lipinski definition) is 3. The minimum absolute atomic E-state index is 0.0609. The number of nitrogens with two attached hydrogens (primary N) is 1. The first-order valence-electron chi connectivity index (χ1n) is 6.13. The van der Waals surface area contributed by atoms with Crippen LogP contribution in [0.25, 0.3) is 0 Å². The highest BCUT2D eigenvalue weighted by atomic mass is 19.4. The second kappa shape index (κ2) is 9.61. The maximum Gasteiger partial charge on any atom is 0.490 e. The topological polar surface area (TPSA) is 102 Å². The first kappa shape index (κ1) is 19.7. The summed E-state index contributed by atoms with van der Waals surface area (Å²) in [4.78, 5) is 20.0. The maximum atomic E-state index is 11.1. The van der Waals surface area contributed by atoms with Gasteiger partial charge in [-0.3, -0.25) is 0 Å².